The quantitative estimate of drug-likeness (QED) is 0.247. The van der Waals surface area contributed by atoms with Gasteiger partial charge < -0.3 is 0 Å². The number of hydrogen-bond donors (Lipinski definition) is 0. The molecule has 0 fully saturated rings. The molecule has 0 bridgehead atoms. The van der Waals surface area contributed by atoms with Crippen LogP contribution in [0.15, 0.2) is 62.4 Å². The molecule has 0 heterocycles. The van der Waals surface area contributed by atoms with Gasteiger partial charge in [0.25, 0.3) is 0 Å². The molecule has 0 aliphatic rings. The van der Waals surface area contributed by atoms with Crippen LogP contribution in [-0.2, 0) is 15.9 Å². The average Bonchev–Trinajstić information content (AvgIpc) is 2.50. The van der Waals surface area contributed by atoms with Gasteiger partial charge in [0.15, 0.2) is 0 Å². The van der Waals surface area contributed by atoms with Crippen molar-refractivity contribution in [1.82, 2.24) is 0 Å². The summed E-state index contributed by atoms with van der Waals surface area (Å²) in [5.74, 6) is 0. The predicted octanol–water partition coefficient (Wildman–Crippen LogP) is 8.09. The van der Waals surface area contributed by atoms with Crippen LogP contribution in [0.25, 0.3) is 0 Å². The summed E-state index contributed by atoms with van der Waals surface area (Å²) in [6.45, 7) is 0. The molecule has 0 saturated heterocycles. The van der Waals surface area contributed by atoms with E-state index < -0.39 is 29.3 Å². The van der Waals surface area contributed by atoms with Gasteiger partial charge in [-0.15, -0.1) is 0 Å². The van der Waals surface area contributed by atoms with E-state index in [1.54, 1.807) is 0 Å². The van der Waals surface area contributed by atoms with Crippen LogP contribution < -0.4 is 0 Å². The van der Waals surface area contributed by atoms with Gasteiger partial charge in [-0.2, -0.15) is 0 Å². The summed E-state index contributed by atoms with van der Waals surface area (Å²) in [4.78, 5) is 11.5. The minimum atomic E-state index is -1.23. The molecular formula is C12H12As2Cl8Pd. The van der Waals surface area contributed by atoms with Crippen LogP contribution in [0.5, 0.6) is 0 Å². The Kier molecular flexibility index (Phi) is 38.6. The van der Waals surface area contributed by atoms with Crippen molar-refractivity contribution in [3.8, 4) is 0 Å². The molecule has 0 saturated carbocycles. The van der Waals surface area contributed by atoms with Gasteiger partial charge in [0.1, 0.15) is 0 Å². The molecule has 0 radical (unpaired) electrons. The van der Waals surface area contributed by atoms with Crippen molar-refractivity contribution in [2.24, 2.45) is 0 Å². The number of hydrogen-bond acceptors (Lipinski definition) is 0. The van der Waals surface area contributed by atoms with Crippen molar-refractivity contribution in [2.45, 2.75) is 0 Å². The summed E-state index contributed by atoms with van der Waals surface area (Å²) < 4.78 is 0. The molecule has 0 aliphatic carbocycles. The second kappa shape index (κ2) is 29.3. The van der Waals surface area contributed by atoms with Crippen LogP contribution in [0.2, 0.25) is 0 Å². The fourth-order valence-corrected chi connectivity index (χ4v) is 7.63. The van der Waals surface area contributed by atoms with Crippen LogP contribution in [0.3, 0.4) is 0 Å². The Bertz CT molecular complexity index is 303. The van der Waals surface area contributed by atoms with Crippen LogP contribution in [0.1, 0.15) is 0 Å². The van der Waals surface area contributed by atoms with E-state index in [0.717, 1.165) is 0 Å². The van der Waals surface area contributed by atoms with Gasteiger partial charge in [0, 0.05) is 0 Å². The predicted molar refractivity (Wildman–Crippen MR) is 113 cm³/mol. The first kappa shape index (κ1) is 30.3. The molecule has 0 atom stereocenters. The van der Waals surface area contributed by atoms with Gasteiger partial charge in [0.2, 0.25) is 0 Å². The van der Waals surface area contributed by atoms with Crippen molar-refractivity contribution >= 4 is 118 Å². The molecule has 0 N–H and O–H groups in total. The Labute approximate surface area is 193 Å². The van der Waals surface area contributed by atoms with E-state index in [2.05, 4.69) is 0 Å². The van der Waals surface area contributed by atoms with E-state index >= 15 is 0 Å². The fraction of sp³-hybridized carbons (Fsp3) is 0. The Morgan fingerprint density at radius 1 is 0.435 bits per heavy atom. The Hall–Kier alpha value is 2.54. The zero-order valence-electron chi connectivity index (χ0n) is 11.2. The molecule has 23 heavy (non-hydrogen) atoms. The zero-order chi connectivity index (χ0) is 18.3. The number of rotatable bonds is 6. The van der Waals surface area contributed by atoms with Gasteiger partial charge >= 0.3 is 196 Å². The Balaban J connectivity index is -0.000000297. The van der Waals surface area contributed by atoms with Gasteiger partial charge in [-0.25, -0.2) is 0 Å². The monoisotopic (exact) mass is 692 g/mol. The van der Waals surface area contributed by atoms with Crippen molar-refractivity contribution in [3.05, 3.63) is 62.4 Å². The summed E-state index contributed by atoms with van der Waals surface area (Å²) in [5, 5.41) is 0. The zero-order valence-corrected chi connectivity index (χ0v) is 22.5. The summed E-state index contributed by atoms with van der Waals surface area (Å²) in [7, 11) is 9.63. The van der Waals surface area contributed by atoms with E-state index in [1.807, 2.05) is 29.2 Å². The van der Waals surface area contributed by atoms with Crippen molar-refractivity contribution in [3.63, 3.8) is 0 Å². The van der Waals surface area contributed by atoms with E-state index in [-0.39, 0.29) is 15.9 Å². The molecule has 0 nitrogen and oxygen atoms in total. The van der Waals surface area contributed by atoms with Gasteiger partial charge in [-0.1, -0.05) is 0 Å². The third kappa shape index (κ3) is 29.6. The molecule has 0 aliphatic heterocycles. The van der Waals surface area contributed by atoms with Crippen molar-refractivity contribution < 1.29 is 15.9 Å². The van der Waals surface area contributed by atoms with Crippen LogP contribution >= 0.6 is 88.7 Å². The van der Waals surface area contributed by atoms with E-state index in [0.29, 0.717) is 0 Å². The van der Waals surface area contributed by atoms with Crippen LogP contribution in [0, 0.1) is 0 Å². The van der Waals surface area contributed by atoms with E-state index in [9.17, 15) is 0 Å². The van der Waals surface area contributed by atoms with Crippen LogP contribution in [0.4, 0.5) is 0 Å². The normalized spacial score (nSPS) is 12.4. The molecule has 0 unspecified atom stereocenters. The maximum absolute atomic E-state index is 5.37. The molecule has 11 heteroatoms. The number of halogens is 8. The van der Waals surface area contributed by atoms with Gasteiger partial charge in [-0.05, 0) is 0 Å². The average molecular weight is 696 g/mol. The molecule has 136 valence electrons. The Morgan fingerprint density at radius 3 is 0.652 bits per heavy atom. The molecular weight excluding hydrogens is 684 g/mol. The summed E-state index contributed by atoms with van der Waals surface area (Å²) >= 11 is 29.6. The summed E-state index contributed by atoms with van der Waals surface area (Å²) in [6, 6.07) is 0. The van der Waals surface area contributed by atoms with E-state index in [4.69, 9.17) is 88.7 Å². The van der Waals surface area contributed by atoms with Gasteiger partial charge in [-0.3, -0.25) is 0 Å². The van der Waals surface area contributed by atoms with Gasteiger partial charge in [0.05, 0.1) is 0 Å². The first-order valence-corrected chi connectivity index (χ1v) is 18.2. The fourth-order valence-electron chi connectivity index (χ4n) is 0.689. The first-order valence-electron chi connectivity index (χ1n) is 5.10. The molecule has 0 aromatic heterocycles. The first-order chi connectivity index (χ1) is 11.1. The van der Waals surface area contributed by atoms with E-state index in [1.165, 1.54) is 33.2 Å². The molecule has 0 rings (SSSR count). The molecule has 0 aromatic rings. The SMILES string of the molecule is Cl/C=C/[As](/C=C/Cl)/C=C/Cl.Cl/C=C/[As](/C=C/Cl)/C=C/Cl.[Cl][Pd][Cl]. The summed E-state index contributed by atoms with van der Waals surface area (Å²) in [5.41, 5.74) is 8.96. The maximum atomic E-state index is 5.37. The van der Waals surface area contributed by atoms with Crippen molar-refractivity contribution in [1.29, 1.82) is 0 Å². The van der Waals surface area contributed by atoms with Crippen molar-refractivity contribution in [2.75, 3.05) is 0 Å². The Morgan fingerprint density at radius 2 is 0.565 bits per heavy atom. The summed E-state index contributed by atoms with van der Waals surface area (Å²) in [6.07, 6.45) is 0. The third-order valence-electron chi connectivity index (χ3n) is 1.37. The molecule has 0 aromatic carbocycles. The molecule has 0 amide bonds. The topological polar surface area (TPSA) is 0 Å². The molecule has 0 spiro atoms. The third-order valence-corrected chi connectivity index (χ3v) is 10.6. The second-order valence-corrected chi connectivity index (χ2v) is 14.0. The second-order valence-electron chi connectivity index (χ2n) is 2.59. The van der Waals surface area contributed by atoms with Crippen LogP contribution in [-0.4, -0.2) is 29.3 Å². The standard InChI is InChI=1S/2C6H6AsCl3.2ClH.Pd/c2*8-4-1-7(2-5-9)3-6-10;;;/h2*1-6H;2*1H;/q;;;;+2/p-2/b2*4-1+,5-2+,6-3+;;;. The minimum absolute atomic E-state index is 0.106.